The summed E-state index contributed by atoms with van der Waals surface area (Å²) < 4.78 is 0. The predicted octanol–water partition coefficient (Wildman–Crippen LogP) is 7.00. The zero-order valence-electron chi connectivity index (χ0n) is 23.9. The van der Waals surface area contributed by atoms with Gasteiger partial charge in [0.05, 0.1) is 0 Å². The fourth-order valence-electron chi connectivity index (χ4n) is 6.56. The van der Waals surface area contributed by atoms with E-state index in [1.165, 1.54) is 31.8 Å². The van der Waals surface area contributed by atoms with Crippen LogP contribution in [0.3, 0.4) is 0 Å². The van der Waals surface area contributed by atoms with Crippen LogP contribution in [0.1, 0.15) is 0 Å². The van der Waals surface area contributed by atoms with E-state index >= 15 is 0 Å². The van der Waals surface area contributed by atoms with Gasteiger partial charge in [-0.25, -0.2) is 0 Å². The molecular weight excluding hydrogens is 542 g/mol. The summed E-state index contributed by atoms with van der Waals surface area (Å²) in [6, 6.07) is 67.3. The summed E-state index contributed by atoms with van der Waals surface area (Å²) in [5.41, 5.74) is 0. The monoisotopic (exact) mass is 580 g/mol. The van der Waals surface area contributed by atoms with E-state index in [1.807, 2.05) is 0 Å². The van der Waals surface area contributed by atoms with Crippen LogP contribution in [0.5, 0.6) is 0 Å². The zero-order chi connectivity index (χ0) is 28.5. The molecule has 0 aromatic heterocycles. The fraction of sp³-hybridized carbons (Fsp3) is 0.0500. The molecule has 0 saturated carbocycles. The van der Waals surface area contributed by atoms with Crippen molar-refractivity contribution < 1.29 is 0 Å². The Morgan fingerprint density at radius 3 is 0.595 bits per heavy atom. The van der Waals surface area contributed by atoms with Gasteiger partial charge in [0.1, 0.15) is 0 Å². The molecule has 42 heavy (non-hydrogen) atoms. The quantitative estimate of drug-likeness (QED) is 0.121. The topological polar surface area (TPSA) is 0 Å². The first-order valence-electron chi connectivity index (χ1n) is 14.8. The van der Waals surface area contributed by atoms with E-state index in [0.717, 1.165) is 12.3 Å². The van der Waals surface area contributed by atoms with Crippen molar-refractivity contribution in [3.8, 4) is 0 Å². The molecule has 0 spiro atoms. The predicted molar refractivity (Wildman–Crippen MR) is 192 cm³/mol. The third kappa shape index (κ3) is 5.54. The van der Waals surface area contributed by atoms with Crippen molar-refractivity contribution in [3.63, 3.8) is 0 Å². The molecule has 6 rings (SSSR count). The number of hydrogen-bond acceptors (Lipinski definition) is 0. The summed E-state index contributed by atoms with van der Waals surface area (Å²) in [7, 11) is -4.66. The third-order valence-corrected chi connectivity index (χ3v) is 18.2. The van der Waals surface area contributed by atoms with Crippen LogP contribution in [0.15, 0.2) is 194 Å². The second-order valence-corrected chi connectivity index (χ2v) is 18.8. The molecule has 0 heterocycles. The van der Waals surface area contributed by atoms with Crippen LogP contribution in [-0.4, -0.2) is 12.3 Å². The van der Waals surface area contributed by atoms with Crippen molar-refractivity contribution in [1.29, 1.82) is 0 Å². The van der Waals surface area contributed by atoms with Crippen molar-refractivity contribution in [1.82, 2.24) is 0 Å². The van der Waals surface area contributed by atoms with Gasteiger partial charge in [0.15, 0.2) is 0 Å². The van der Waals surface area contributed by atoms with Crippen molar-refractivity contribution in [2.45, 2.75) is 0 Å². The van der Waals surface area contributed by atoms with Gasteiger partial charge in [0, 0.05) is 0 Å². The SMILES string of the molecule is C(=C\C[PH](c1ccccc1)(c1ccccc1)c1ccccc1)/C[PH](c1ccccc1)(c1ccccc1)c1ccccc1. The molecule has 6 aromatic carbocycles. The molecule has 0 radical (unpaired) electrons. The van der Waals surface area contributed by atoms with Crippen molar-refractivity contribution >= 4 is 46.4 Å². The maximum atomic E-state index is 2.51. The summed E-state index contributed by atoms with van der Waals surface area (Å²) in [5, 5.41) is 8.69. The summed E-state index contributed by atoms with van der Waals surface area (Å²) in [5.74, 6) is 0. The van der Waals surface area contributed by atoms with Gasteiger partial charge in [0.2, 0.25) is 0 Å². The van der Waals surface area contributed by atoms with Gasteiger partial charge >= 0.3 is 253 Å². The molecule has 0 saturated heterocycles. The van der Waals surface area contributed by atoms with E-state index in [9.17, 15) is 0 Å². The van der Waals surface area contributed by atoms with Crippen molar-refractivity contribution in [2.24, 2.45) is 0 Å². The van der Waals surface area contributed by atoms with Crippen LogP contribution in [-0.2, 0) is 0 Å². The van der Waals surface area contributed by atoms with E-state index < -0.39 is 14.5 Å². The van der Waals surface area contributed by atoms with Crippen LogP contribution >= 0.6 is 14.5 Å². The molecule has 0 unspecified atom stereocenters. The fourth-order valence-corrected chi connectivity index (χ4v) is 15.6. The van der Waals surface area contributed by atoms with Crippen LogP contribution in [0, 0.1) is 0 Å². The second kappa shape index (κ2) is 13.3. The number of allylic oxidation sites excluding steroid dienone is 2. The van der Waals surface area contributed by atoms with Crippen molar-refractivity contribution in [3.05, 3.63) is 194 Å². The Kier molecular flexibility index (Phi) is 8.86. The summed E-state index contributed by atoms with van der Waals surface area (Å²) in [6.45, 7) is 0. The molecule has 0 aliphatic heterocycles. The van der Waals surface area contributed by atoms with E-state index in [0.29, 0.717) is 0 Å². The third-order valence-electron chi connectivity index (χ3n) is 8.61. The van der Waals surface area contributed by atoms with Gasteiger partial charge in [-0.05, 0) is 0 Å². The van der Waals surface area contributed by atoms with E-state index in [2.05, 4.69) is 194 Å². The normalized spacial score (nSPS) is 12.7. The van der Waals surface area contributed by atoms with E-state index in [-0.39, 0.29) is 0 Å². The van der Waals surface area contributed by atoms with Crippen LogP contribution in [0.25, 0.3) is 0 Å². The van der Waals surface area contributed by atoms with Gasteiger partial charge < -0.3 is 0 Å². The molecule has 208 valence electrons. The van der Waals surface area contributed by atoms with Crippen LogP contribution in [0.4, 0.5) is 0 Å². The van der Waals surface area contributed by atoms with Gasteiger partial charge in [-0.15, -0.1) is 0 Å². The Morgan fingerprint density at radius 1 is 0.262 bits per heavy atom. The molecule has 0 amide bonds. The molecular formula is C40H38P2. The maximum absolute atomic E-state index is 2.51. The van der Waals surface area contributed by atoms with Gasteiger partial charge in [-0.3, -0.25) is 0 Å². The van der Waals surface area contributed by atoms with Gasteiger partial charge in [0.25, 0.3) is 0 Å². The standard InChI is InChI=1S/C40H38P2/c1-7-21-35(22-8-1)41(36-23-9-2-10-24-36,37-25-11-3-12-26-37)33-19-20-34-42(38-27-13-4-14-28-38,39-29-15-5-16-30-39)40-31-17-6-18-32-40/h1-32,41-42H,33-34H2/b20-19+. The van der Waals surface area contributed by atoms with Gasteiger partial charge in [-0.1, -0.05) is 0 Å². The molecule has 0 fully saturated rings. The molecule has 0 aliphatic rings. The average molecular weight is 581 g/mol. The molecule has 0 N–H and O–H groups in total. The molecule has 6 aromatic rings. The van der Waals surface area contributed by atoms with E-state index in [4.69, 9.17) is 0 Å². The molecule has 2 heteroatoms. The Balaban J connectivity index is 1.48. The Labute approximate surface area is 252 Å². The Hall–Kier alpha value is -4.08. The minimum absolute atomic E-state index is 1.01. The molecule has 0 bridgehead atoms. The Morgan fingerprint density at radius 2 is 0.429 bits per heavy atom. The first kappa shape index (κ1) is 28.1. The van der Waals surface area contributed by atoms with Crippen LogP contribution < -0.4 is 31.8 Å². The second-order valence-electron chi connectivity index (χ2n) is 10.9. The molecule has 0 nitrogen and oxygen atoms in total. The summed E-state index contributed by atoms with van der Waals surface area (Å²) >= 11 is 0. The van der Waals surface area contributed by atoms with Crippen LogP contribution in [0.2, 0.25) is 0 Å². The molecule has 0 aliphatic carbocycles. The first-order chi connectivity index (χ1) is 20.8. The minimum atomic E-state index is -2.33. The van der Waals surface area contributed by atoms with Crippen molar-refractivity contribution in [2.75, 3.05) is 12.3 Å². The van der Waals surface area contributed by atoms with E-state index in [1.54, 1.807) is 0 Å². The van der Waals surface area contributed by atoms with Gasteiger partial charge in [-0.2, -0.15) is 0 Å². The first-order valence-corrected chi connectivity index (χ1v) is 19.2. The number of hydrogen-bond donors (Lipinski definition) is 0. The number of benzene rings is 6. The Bertz CT molecular complexity index is 1360. The zero-order valence-corrected chi connectivity index (χ0v) is 25.9. The number of rotatable bonds is 10. The molecule has 0 atom stereocenters. The summed E-state index contributed by atoms with van der Waals surface area (Å²) in [4.78, 5) is 0. The average Bonchev–Trinajstić information content (AvgIpc) is 3.09. The summed E-state index contributed by atoms with van der Waals surface area (Å²) in [6.07, 6.45) is 7.04.